The van der Waals surface area contributed by atoms with Crippen LogP contribution in [0, 0.1) is 5.92 Å². The predicted octanol–water partition coefficient (Wildman–Crippen LogP) is 2.10. The first-order valence-corrected chi connectivity index (χ1v) is 6.35. The van der Waals surface area contributed by atoms with Crippen LogP contribution in [0.15, 0.2) is 10.8 Å². The number of anilines is 1. The summed E-state index contributed by atoms with van der Waals surface area (Å²) >= 11 is 9.30. The van der Waals surface area contributed by atoms with E-state index in [1.807, 2.05) is 6.92 Å². The lowest BCUT2D eigenvalue weighted by Gasteiger charge is -2.19. The SMILES string of the molecule is CC(O)C1CCN(c2ncnc(Cl)c2Br)C1. The monoisotopic (exact) mass is 305 g/mol. The molecule has 2 rings (SSSR count). The molecule has 0 saturated carbocycles. The Morgan fingerprint density at radius 3 is 3.00 bits per heavy atom. The topological polar surface area (TPSA) is 49.2 Å². The number of halogens is 2. The molecule has 0 bridgehead atoms. The van der Waals surface area contributed by atoms with Gasteiger partial charge in [0, 0.05) is 19.0 Å². The fraction of sp³-hybridized carbons (Fsp3) is 0.600. The zero-order valence-corrected chi connectivity index (χ0v) is 11.2. The Kier molecular flexibility index (Phi) is 3.66. The highest BCUT2D eigenvalue weighted by Crippen LogP contribution is 2.32. The van der Waals surface area contributed by atoms with Gasteiger partial charge >= 0.3 is 0 Å². The minimum atomic E-state index is -0.277. The summed E-state index contributed by atoms with van der Waals surface area (Å²) in [4.78, 5) is 10.2. The van der Waals surface area contributed by atoms with Gasteiger partial charge in [0.05, 0.1) is 10.6 Å². The number of nitrogens with zero attached hydrogens (tertiary/aromatic N) is 3. The average molecular weight is 307 g/mol. The summed E-state index contributed by atoms with van der Waals surface area (Å²) < 4.78 is 0.725. The van der Waals surface area contributed by atoms with Crippen molar-refractivity contribution >= 4 is 33.3 Å². The third-order valence-electron chi connectivity index (χ3n) is 2.93. The Labute approximate surface area is 108 Å². The van der Waals surface area contributed by atoms with Gasteiger partial charge in [0.1, 0.15) is 17.3 Å². The van der Waals surface area contributed by atoms with Gasteiger partial charge in [-0.3, -0.25) is 0 Å². The highest BCUT2D eigenvalue weighted by atomic mass is 79.9. The molecule has 4 nitrogen and oxygen atoms in total. The van der Waals surface area contributed by atoms with E-state index in [1.165, 1.54) is 6.33 Å². The molecule has 0 aliphatic carbocycles. The largest absolute Gasteiger partial charge is 0.393 e. The van der Waals surface area contributed by atoms with Gasteiger partial charge in [-0.15, -0.1) is 0 Å². The van der Waals surface area contributed by atoms with Crippen molar-refractivity contribution < 1.29 is 5.11 Å². The molecule has 2 heterocycles. The Hall–Kier alpha value is -0.390. The fourth-order valence-electron chi connectivity index (χ4n) is 1.93. The molecule has 2 atom stereocenters. The minimum Gasteiger partial charge on any atom is -0.393 e. The standard InChI is InChI=1S/C10H13BrClN3O/c1-6(16)7-2-3-15(4-7)10-8(11)9(12)13-5-14-10/h5-7,16H,2-4H2,1H3. The van der Waals surface area contributed by atoms with Crippen molar-refractivity contribution in [2.45, 2.75) is 19.4 Å². The zero-order valence-electron chi connectivity index (χ0n) is 8.90. The molecule has 1 aliphatic rings. The summed E-state index contributed by atoms with van der Waals surface area (Å²) in [6.45, 7) is 3.53. The highest BCUT2D eigenvalue weighted by molar-refractivity contribution is 9.10. The van der Waals surface area contributed by atoms with Crippen molar-refractivity contribution in [3.8, 4) is 0 Å². The smallest absolute Gasteiger partial charge is 0.148 e. The molecule has 0 radical (unpaired) electrons. The molecule has 1 fully saturated rings. The molecule has 1 N–H and O–H groups in total. The number of hydrogen-bond donors (Lipinski definition) is 1. The van der Waals surface area contributed by atoms with E-state index in [0.717, 1.165) is 29.8 Å². The lowest BCUT2D eigenvalue weighted by atomic mass is 10.0. The lowest BCUT2D eigenvalue weighted by molar-refractivity contribution is 0.136. The van der Waals surface area contributed by atoms with Crippen LogP contribution in [0.2, 0.25) is 5.15 Å². The Bertz CT molecular complexity index is 388. The molecule has 0 spiro atoms. The zero-order chi connectivity index (χ0) is 11.7. The van der Waals surface area contributed by atoms with Crippen LogP contribution in [0.5, 0.6) is 0 Å². The number of aliphatic hydroxyl groups excluding tert-OH is 1. The summed E-state index contributed by atoms with van der Waals surface area (Å²) in [5.41, 5.74) is 0. The van der Waals surface area contributed by atoms with Crippen molar-refractivity contribution in [3.05, 3.63) is 16.0 Å². The van der Waals surface area contributed by atoms with Gasteiger partial charge in [0.2, 0.25) is 0 Å². The summed E-state index contributed by atoms with van der Waals surface area (Å²) in [5.74, 6) is 1.11. The molecule has 2 unspecified atom stereocenters. The van der Waals surface area contributed by atoms with Crippen molar-refractivity contribution in [3.63, 3.8) is 0 Å². The lowest BCUT2D eigenvalue weighted by Crippen LogP contribution is -2.25. The molecule has 1 aliphatic heterocycles. The van der Waals surface area contributed by atoms with Crippen LogP contribution in [0.1, 0.15) is 13.3 Å². The summed E-state index contributed by atoms with van der Waals surface area (Å²) in [7, 11) is 0. The van der Waals surface area contributed by atoms with E-state index in [4.69, 9.17) is 11.6 Å². The van der Waals surface area contributed by atoms with E-state index in [-0.39, 0.29) is 6.10 Å². The van der Waals surface area contributed by atoms with Gasteiger partial charge in [0.25, 0.3) is 0 Å². The van der Waals surface area contributed by atoms with Crippen LogP contribution >= 0.6 is 27.5 Å². The van der Waals surface area contributed by atoms with E-state index in [0.29, 0.717) is 11.1 Å². The molecule has 88 valence electrons. The van der Waals surface area contributed by atoms with E-state index < -0.39 is 0 Å². The van der Waals surface area contributed by atoms with Crippen LogP contribution < -0.4 is 4.90 Å². The third kappa shape index (κ3) is 2.31. The maximum absolute atomic E-state index is 9.54. The number of rotatable bonds is 2. The predicted molar refractivity (Wildman–Crippen MR) is 66.7 cm³/mol. The summed E-state index contributed by atoms with van der Waals surface area (Å²) in [5, 5.41) is 9.97. The Morgan fingerprint density at radius 1 is 1.62 bits per heavy atom. The molecule has 6 heteroatoms. The van der Waals surface area contributed by atoms with Gasteiger partial charge in [-0.1, -0.05) is 11.6 Å². The third-order valence-corrected chi connectivity index (χ3v) is 4.18. The second-order valence-electron chi connectivity index (χ2n) is 4.04. The van der Waals surface area contributed by atoms with E-state index in [9.17, 15) is 5.11 Å². The fourth-order valence-corrected chi connectivity index (χ4v) is 2.52. The Balaban J connectivity index is 2.17. The number of aliphatic hydroxyl groups is 1. The number of aromatic nitrogens is 2. The first-order chi connectivity index (χ1) is 7.59. The van der Waals surface area contributed by atoms with Crippen molar-refractivity contribution in [2.24, 2.45) is 5.92 Å². The Morgan fingerprint density at radius 2 is 2.38 bits per heavy atom. The van der Waals surface area contributed by atoms with Crippen LogP contribution in [0.4, 0.5) is 5.82 Å². The molecule has 1 aromatic rings. The van der Waals surface area contributed by atoms with Gasteiger partial charge in [-0.05, 0) is 29.3 Å². The van der Waals surface area contributed by atoms with Crippen LogP contribution in [-0.4, -0.2) is 34.3 Å². The highest BCUT2D eigenvalue weighted by Gasteiger charge is 2.28. The molecule has 0 aromatic carbocycles. The molecule has 0 amide bonds. The maximum atomic E-state index is 9.54. The summed E-state index contributed by atoms with van der Waals surface area (Å²) in [6.07, 6.45) is 2.16. The first-order valence-electron chi connectivity index (χ1n) is 5.18. The molecule has 1 aromatic heterocycles. The summed E-state index contributed by atoms with van der Waals surface area (Å²) in [6, 6.07) is 0. The molecular formula is C10H13BrClN3O. The van der Waals surface area contributed by atoms with Gasteiger partial charge in [-0.25, -0.2) is 9.97 Å². The number of hydrogen-bond acceptors (Lipinski definition) is 4. The second kappa shape index (κ2) is 4.85. The quantitative estimate of drug-likeness (QED) is 0.850. The van der Waals surface area contributed by atoms with E-state index in [2.05, 4.69) is 30.8 Å². The van der Waals surface area contributed by atoms with Crippen LogP contribution in [-0.2, 0) is 0 Å². The van der Waals surface area contributed by atoms with E-state index >= 15 is 0 Å². The van der Waals surface area contributed by atoms with Crippen molar-refractivity contribution in [2.75, 3.05) is 18.0 Å². The maximum Gasteiger partial charge on any atom is 0.148 e. The normalized spacial score (nSPS) is 22.5. The minimum absolute atomic E-state index is 0.277. The first kappa shape index (κ1) is 12.1. The van der Waals surface area contributed by atoms with Gasteiger partial charge < -0.3 is 10.0 Å². The average Bonchev–Trinajstić information content (AvgIpc) is 2.71. The molecular weight excluding hydrogens is 293 g/mol. The van der Waals surface area contributed by atoms with Crippen LogP contribution in [0.25, 0.3) is 0 Å². The van der Waals surface area contributed by atoms with Crippen molar-refractivity contribution in [1.29, 1.82) is 0 Å². The van der Waals surface area contributed by atoms with E-state index in [1.54, 1.807) is 0 Å². The van der Waals surface area contributed by atoms with Gasteiger partial charge in [-0.2, -0.15) is 0 Å². The van der Waals surface area contributed by atoms with Gasteiger partial charge in [0.15, 0.2) is 0 Å². The molecule has 1 saturated heterocycles. The van der Waals surface area contributed by atoms with Crippen LogP contribution in [0.3, 0.4) is 0 Å². The second-order valence-corrected chi connectivity index (χ2v) is 5.19. The molecule has 16 heavy (non-hydrogen) atoms. The van der Waals surface area contributed by atoms with Crippen molar-refractivity contribution in [1.82, 2.24) is 9.97 Å².